The topological polar surface area (TPSA) is 32.7 Å². The van der Waals surface area contributed by atoms with Crippen LogP contribution in [0.25, 0.3) is 0 Å². The second kappa shape index (κ2) is 7.12. The van der Waals surface area contributed by atoms with Gasteiger partial charge in [0, 0.05) is 12.6 Å². The van der Waals surface area contributed by atoms with E-state index in [1.807, 2.05) is 6.07 Å². The van der Waals surface area contributed by atoms with E-state index in [4.69, 9.17) is 4.74 Å². The Morgan fingerprint density at radius 1 is 1.25 bits per heavy atom. The Morgan fingerprint density at radius 2 is 2.00 bits per heavy atom. The van der Waals surface area contributed by atoms with Crippen molar-refractivity contribution in [3.05, 3.63) is 24.3 Å². The molecule has 16 heavy (non-hydrogen) atoms. The van der Waals surface area contributed by atoms with Crippen LogP contribution in [-0.2, 0) is 0 Å². The maximum atomic E-state index is 9.25. The molecule has 0 fully saturated rings. The molecule has 0 unspecified atom stereocenters. The Kier molecular flexibility index (Phi) is 5.72. The molecule has 0 aliphatic heterocycles. The van der Waals surface area contributed by atoms with Crippen molar-refractivity contribution < 1.29 is 9.84 Å². The van der Waals surface area contributed by atoms with Gasteiger partial charge < -0.3 is 14.7 Å². The van der Waals surface area contributed by atoms with E-state index in [1.54, 1.807) is 18.2 Å². The van der Waals surface area contributed by atoms with Gasteiger partial charge in [0.25, 0.3) is 0 Å². The van der Waals surface area contributed by atoms with Gasteiger partial charge in [-0.25, -0.2) is 0 Å². The van der Waals surface area contributed by atoms with E-state index < -0.39 is 0 Å². The first kappa shape index (κ1) is 12.8. The molecular formula is C13H21NO2. The van der Waals surface area contributed by atoms with E-state index in [0.29, 0.717) is 6.61 Å². The largest absolute Gasteiger partial charge is 0.508 e. The van der Waals surface area contributed by atoms with Gasteiger partial charge in [-0.1, -0.05) is 19.9 Å². The summed E-state index contributed by atoms with van der Waals surface area (Å²) in [4.78, 5) is 2.37. The molecule has 1 aromatic carbocycles. The van der Waals surface area contributed by atoms with Crippen molar-refractivity contribution in [2.45, 2.75) is 20.3 Å². The summed E-state index contributed by atoms with van der Waals surface area (Å²) in [6.45, 7) is 8.26. The molecule has 3 nitrogen and oxygen atoms in total. The molecule has 1 N–H and O–H groups in total. The van der Waals surface area contributed by atoms with Gasteiger partial charge in [0.1, 0.15) is 11.5 Å². The van der Waals surface area contributed by atoms with Crippen molar-refractivity contribution in [2.75, 3.05) is 26.2 Å². The zero-order valence-electron chi connectivity index (χ0n) is 10.1. The van der Waals surface area contributed by atoms with Crippen LogP contribution in [0.5, 0.6) is 11.5 Å². The van der Waals surface area contributed by atoms with E-state index in [9.17, 15) is 5.11 Å². The second-order valence-electron chi connectivity index (χ2n) is 3.73. The van der Waals surface area contributed by atoms with Crippen molar-refractivity contribution in [1.82, 2.24) is 4.90 Å². The highest BCUT2D eigenvalue weighted by Crippen LogP contribution is 2.17. The highest BCUT2D eigenvalue weighted by Gasteiger charge is 1.99. The number of nitrogens with zero attached hydrogens (tertiary/aromatic N) is 1. The molecule has 3 heteroatoms. The molecule has 0 bridgehead atoms. The number of phenolic OH excluding ortho intramolecular Hbond substituents is 1. The summed E-state index contributed by atoms with van der Waals surface area (Å²) in [5, 5.41) is 9.25. The van der Waals surface area contributed by atoms with E-state index in [2.05, 4.69) is 18.7 Å². The predicted octanol–water partition coefficient (Wildman–Crippen LogP) is 2.50. The molecule has 1 rings (SSSR count). The Hall–Kier alpha value is -1.22. The number of hydrogen-bond donors (Lipinski definition) is 1. The van der Waals surface area contributed by atoms with Gasteiger partial charge in [-0.05, 0) is 31.6 Å². The predicted molar refractivity (Wildman–Crippen MR) is 66.0 cm³/mol. The Balaban J connectivity index is 2.20. The minimum atomic E-state index is 0.251. The minimum Gasteiger partial charge on any atom is -0.508 e. The third kappa shape index (κ3) is 4.53. The quantitative estimate of drug-likeness (QED) is 0.721. The highest BCUT2D eigenvalue weighted by molar-refractivity contribution is 5.31. The number of aromatic hydroxyl groups is 1. The van der Waals surface area contributed by atoms with Crippen LogP contribution in [0.3, 0.4) is 0 Å². The van der Waals surface area contributed by atoms with E-state index in [1.165, 1.54) is 0 Å². The lowest BCUT2D eigenvalue weighted by Gasteiger charge is -2.17. The zero-order chi connectivity index (χ0) is 11.8. The SMILES string of the molecule is CCN(CC)CCCOc1cccc(O)c1. The Bertz CT molecular complexity index is 298. The van der Waals surface area contributed by atoms with Gasteiger partial charge in [-0.2, -0.15) is 0 Å². The maximum absolute atomic E-state index is 9.25. The maximum Gasteiger partial charge on any atom is 0.122 e. The lowest BCUT2D eigenvalue weighted by Crippen LogP contribution is -2.25. The van der Waals surface area contributed by atoms with Crippen LogP contribution >= 0.6 is 0 Å². The smallest absolute Gasteiger partial charge is 0.122 e. The summed E-state index contributed by atoms with van der Waals surface area (Å²) < 4.78 is 5.54. The average molecular weight is 223 g/mol. The van der Waals surface area contributed by atoms with Crippen molar-refractivity contribution >= 4 is 0 Å². The van der Waals surface area contributed by atoms with E-state index in [-0.39, 0.29) is 5.75 Å². The van der Waals surface area contributed by atoms with Crippen molar-refractivity contribution in [2.24, 2.45) is 0 Å². The molecule has 0 saturated heterocycles. The van der Waals surface area contributed by atoms with Crippen LogP contribution < -0.4 is 4.74 Å². The average Bonchev–Trinajstić information content (AvgIpc) is 2.29. The normalized spacial score (nSPS) is 10.7. The van der Waals surface area contributed by atoms with E-state index >= 15 is 0 Å². The molecule has 0 heterocycles. The van der Waals surface area contributed by atoms with Crippen LogP contribution in [-0.4, -0.2) is 36.2 Å². The van der Waals surface area contributed by atoms with Gasteiger partial charge in [0.2, 0.25) is 0 Å². The summed E-state index contributed by atoms with van der Waals surface area (Å²) in [6.07, 6.45) is 1.01. The third-order valence-electron chi connectivity index (χ3n) is 2.60. The number of phenols is 1. The van der Waals surface area contributed by atoms with Crippen LogP contribution in [0.2, 0.25) is 0 Å². The molecular weight excluding hydrogens is 202 g/mol. The molecule has 1 aromatic rings. The summed E-state index contributed by atoms with van der Waals surface area (Å²) in [5.41, 5.74) is 0. The van der Waals surface area contributed by atoms with Crippen LogP contribution in [0, 0.1) is 0 Å². The molecule has 0 atom stereocenters. The lowest BCUT2D eigenvalue weighted by molar-refractivity contribution is 0.248. The molecule has 0 radical (unpaired) electrons. The molecule has 90 valence electrons. The molecule has 0 aromatic heterocycles. The molecule has 0 amide bonds. The standard InChI is InChI=1S/C13H21NO2/c1-3-14(4-2)9-6-10-16-13-8-5-7-12(15)11-13/h5,7-8,11,15H,3-4,6,9-10H2,1-2H3. The molecule has 0 spiro atoms. The molecule has 0 aliphatic carbocycles. The second-order valence-corrected chi connectivity index (χ2v) is 3.73. The van der Waals surface area contributed by atoms with Gasteiger partial charge in [0.05, 0.1) is 6.61 Å². The third-order valence-corrected chi connectivity index (χ3v) is 2.60. The monoisotopic (exact) mass is 223 g/mol. The van der Waals surface area contributed by atoms with Crippen LogP contribution in [0.1, 0.15) is 20.3 Å². The van der Waals surface area contributed by atoms with Crippen LogP contribution in [0.4, 0.5) is 0 Å². The molecule has 0 saturated carbocycles. The lowest BCUT2D eigenvalue weighted by atomic mass is 10.3. The fourth-order valence-corrected chi connectivity index (χ4v) is 1.59. The van der Waals surface area contributed by atoms with Crippen molar-refractivity contribution in [3.8, 4) is 11.5 Å². The van der Waals surface area contributed by atoms with Gasteiger partial charge in [0.15, 0.2) is 0 Å². The fourth-order valence-electron chi connectivity index (χ4n) is 1.59. The fraction of sp³-hybridized carbons (Fsp3) is 0.538. The van der Waals surface area contributed by atoms with Crippen LogP contribution in [0.15, 0.2) is 24.3 Å². The first-order chi connectivity index (χ1) is 7.76. The number of rotatable bonds is 7. The molecule has 0 aliphatic rings. The van der Waals surface area contributed by atoms with Gasteiger partial charge >= 0.3 is 0 Å². The van der Waals surface area contributed by atoms with Gasteiger partial charge in [-0.15, -0.1) is 0 Å². The minimum absolute atomic E-state index is 0.251. The Labute approximate surface area is 97.7 Å². The number of hydrogen-bond acceptors (Lipinski definition) is 3. The highest BCUT2D eigenvalue weighted by atomic mass is 16.5. The summed E-state index contributed by atoms with van der Waals surface area (Å²) in [7, 11) is 0. The Morgan fingerprint density at radius 3 is 2.62 bits per heavy atom. The summed E-state index contributed by atoms with van der Waals surface area (Å²) in [6, 6.07) is 6.92. The number of benzene rings is 1. The van der Waals surface area contributed by atoms with Gasteiger partial charge in [-0.3, -0.25) is 0 Å². The summed E-state index contributed by atoms with van der Waals surface area (Å²) >= 11 is 0. The van der Waals surface area contributed by atoms with E-state index in [0.717, 1.165) is 31.8 Å². The summed E-state index contributed by atoms with van der Waals surface area (Å²) in [5.74, 6) is 0.987. The zero-order valence-corrected chi connectivity index (χ0v) is 10.1. The van der Waals surface area contributed by atoms with Crippen molar-refractivity contribution in [3.63, 3.8) is 0 Å². The number of ether oxygens (including phenoxy) is 1. The first-order valence-electron chi connectivity index (χ1n) is 5.90. The van der Waals surface area contributed by atoms with Crippen molar-refractivity contribution in [1.29, 1.82) is 0 Å². The first-order valence-corrected chi connectivity index (χ1v) is 5.90.